The van der Waals surface area contributed by atoms with E-state index in [9.17, 15) is 4.79 Å². The lowest BCUT2D eigenvalue weighted by molar-refractivity contribution is 0.00578. The number of nitrogens with one attached hydrogen (secondary N) is 1. The van der Waals surface area contributed by atoms with Crippen LogP contribution in [0.4, 0.5) is 0 Å². The maximum absolute atomic E-state index is 12.9. The molecule has 2 aromatic carbocycles. The van der Waals surface area contributed by atoms with E-state index in [-0.39, 0.29) is 24.4 Å². The Labute approximate surface area is 174 Å². The Kier molecular flexibility index (Phi) is 5.08. The zero-order chi connectivity index (χ0) is 20.7. The molecule has 1 amide bonds. The van der Waals surface area contributed by atoms with Gasteiger partial charge in [-0.25, -0.2) is 0 Å². The summed E-state index contributed by atoms with van der Waals surface area (Å²) in [6.45, 7) is 8.33. The molecule has 0 radical (unpaired) electrons. The van der Waals surface area contributed by atoms with Crippen LogP contribution >= 0.6 is 0 Å². The summed E-state index contributed by atoms with van der Waals surface area (Å²) in [4.78, 5) is 12.9. The van der Waals surface area contributed by atoms with E-state index in [2.05, 4.69) is 57.3 Å². The molecule has 0 bridgehead atoms. The van der Waals surface area contributed by atoms with E-state index >= 15 is 0 Å². The van der Waals surface area contributed by atoms with Crippen molar-refractivity contribution in [1.29, 1.82) is 0 Å². The number of hydrogen-bond donors (Lipinski definition) is 1. The Morgan fingerprint density at radius 1 is 0.966 bits per heavy atom. The molecule has 1 N–H and O–H groups in total. The third kappa shape index (κ3) is 3.62. The second kappa shape index (κ2) is 7.30. The Morgan fingerprint density at radius 3 is 2.03 bits per heavy atom. The lowest BCUT2D eigenvalue weighted by Gasteiger charge is -2.50. The van der Waals surface area contributed by atoms with Gasteiger partial charge in [0.2, 0.25) is 0 Å². The van der Waals surface area contributed by atoms with Crippen molar-refractivity contribution >= 4 is 13.0 Å². The monoisotopic (exact) mass is 391 g/mol. The van der Waals surface area contributed by atoms with Gasteiger partial charge >= 0.3 is 7.12 Å². The number of benzene rings is 2. The molecule has 1 saturated carbocycles. The van der Waals surface area contributed by atoms with Crippen molar-refractivity contribution in [3.63, 3.8) is 0 Å². The van der Waals surface area contributed by atoms with Crippen molar-refractivity contribution in [3.8, 4) is 0 Å². The summed E-state index contributed by atoms with van der Waals surface area (Å²) in [6, 6.07) is 19.8. The third-order valence-corrected chi connectivity index (χ3v) is 7.03. The van der Waals surface area contributed by atoms with E-state index in [1.54, 1.807) is 0 Å². The first-order valence-corrected chi connectivity index (χ1v) is 10.5. The van der Waals surface area contributed by atoms with Crippen LogP contribution in [0.2, 0.25) is 5.31 Å². The first-order chi connectivity index (χ1) is 13.7. The van der Waals surface area contributed by atoms with Gasteiger partial charge in [-0.1, -0.05) is 48.5 Å². The van der Waals surface area contributed by atoms with Crippen LogP contribution in [-0.4, -0.2) is 30.3 Å². The van der Waals surface area contributed by atoms with Gasteiger partial charge in [-0.3, -0.25) is 4.79 Å². The highest BCUT2D eigenvalue weighted by atomic mass is 16.7. The summed E-state index contributed by atoms with van der Waals surface area (Å²) in [5.74, 6) is -0.0377. The van der Waals surface area contributed by atoms with Crippen LogP contribution in [0.1, 0.15) is 56.5 Å². The first-order valence-electron chi connectivity index (χ1n) is 10.5. The maximum atomic E-state index is 12.9. The molecule has 4 rings (SSSR count). The number of amides is 1. The van der Waals surface area contributed by atoms with Gasteiger partial charge in [-0.05, 0) is 64.7 Å². The molecule has 0 aromatic heterocycles. The lowest BCUT2D eigenvalue weighted by Crippen LogP contribution is -2.59. The average molecular weight is 391 g/mol. The highest BCUT2D eigenvalue weighted by Crippen LogP contribution is 2.57. The van der Waals surface area contributed by atoms with E-state index in [1.807, 2.05) is 36.4 Å². The van der Waals surface area contributed by atoms with Gasteiger partial charge in [0.05, 0.1) is 11.2 Å². The lowest BCUT2D eigenvalue weighted by atomic mass is 9.42. The number of carbonyl (C=O) groups is 1. The zero-order valence-corrected chi connectivity index (χ0v) is 17.8. The second-order valence-corrected chi connectivity index (χ2v) is 9.41. The molecular formula is C24H30BNO3. The summed E-state index contributed by atoms with van der Waals surface area (Å²) in [7, 11) is -0.359. The summed E-state index contributed by atoms with van der Waals surface area (Å²) >= 11 is 0. The molecule has 1 aliphatic heterocycles. The molecule has 4 nitrogen and oxygen atoms in total. The van der Waals surface area contributed by atoms with Crippen molar-refractivity contribution in [2.24, 2.45) is 0 Å². The van der Waals surface area contributed by atoms with Crippen LogP contribution in [0, 0.1) is 0 Å². The molecule has 1 saturated heterocycles. The Bertz CT molecular complexity index is 852. The first kappa shape index (κ1) is 20.2. The summed E-state index contributed by atoms with van der Waals surface area (Å²) in [5, 5.41) is 3.00. The van der Waals surface area contributed by atoms with Crippen LogP contribution in [0.5, 0.6) is 0 Å². The standard InChI is InChI=1S/C24H30BNO3/c1-22(2)23(3,4)29-25(28-22)24(17-18-11-7-5-8-12-18)16-15-20(24)26-21(27)19-13-9-6-10-14-19/h5-14,20H,15-17H2,1-4H3,(H,26,27)/t20-,24-/m1/s1. The van der Waals surface area contributed by atoms with Crippen LogP contribution in [0.15, 0.2) is 60.7 Å². The van der Waals surface area contributed by atoms with Crippen molar-refractivity contribution in [1.82, 2.24) is 5.32 Å². The van der Waals surface area contributed by atoms with Crippen molar-refractivity contribution in [2.75, 3.05) is 0 Å². The summed E-state index contributed by atoms with van der Waals surface area (Å²) < 4.78 is 13.0. The fourth-order valence-electron chi connectivity index (χ4n) is 4.34. The third-order valence-electron chi connectivity index (χ3n) is 7.03. The highest BCUT2D eigenvalue weighted by Gasteiger charge is 2.65. The van der Waals surface area contributed by atoms with Crippen LogP contribution in [0.3, 0.4) is 0 Å². The zero-order valence-electron chi connectivity index (χ0n) is 17.8. The molecule has 2 atom stereocenters. The van der Waals surface area contributed by atoms with Crippen LogP contribution in [-0.2, 0) is 15.7 Å². The molecule has 0 unspecified atom stereocenters. The van der Waals surface area contributed by atoms with E-state index in [0.717, 1.165) is 19.3 Å². The molecule has 152 valence electrons. The summed E-state index contributed by atoms with van der Waals surface area (Å²) in [6.07, 6.45) is 2.69. The minimum Gasteiger partial charge on any atom is -0.403 e. The smallest absolute Gasteiger partial charge is 0.403 e. The SMILES string of the molecule is CC1(C)OB([C@@]2(Cc3ccccc3)CC[C@H]2NC(=O)c2ccccc2)OC1(C)C. The Hall–Kier alpha value is -2.11. The fraction of sp³-hybridized carbons (Fsp3) is 0.458. The fourth-order valence-corrected chi connectivity index (χ4v) is 4.34. The normalized spacial score (nSPS) is 27.3. The van der Waals surface area contributed by atoms with E-state index in [1.165, 1.54) is 5.56 Å². The van der Waals surface area contributed by atoms with Crippen molar-refractivity contribution in [2.45, 2.75) is 69.5 Å². The predicted molar refractivity (Wildman–Crippen MR) is 116 cm³/mol. The molecule has 2 aliphatic rings. The van der Waals surface area contributed by atoms with Crippen LogP contribution in [0.25, 0.3) is 0 Å². The van der Waals surface area contributed by atoms with Gasteiger partial charge < -0.3 is 14.6 Å². The predicted octanol–water partition coefficient (Wildman–Crippen LogP) is 4.65. The minimum atomic E-state index is -0.398. The van der Waals surface area contributed by atoms with Gasteiger partial charge in [0.15, 0.2) is 0 Å². The maximum Gasteiger partial charge on any atom is 0.466 e. The van der Waals surface area contributed by atoms with Crippen molar-refractivity contribution < 1.29 is 14.1 Å². The molecule has 5 heteroatoms. The van der Waals surface area contributed by atoms with Gasteiger partial charge in [-0.15, -0.1) is 0 Å². The van der Waals surface area contributed by atoms with Gasteiger partial charge in [-0.2, -0.15) is 0 Å². The largest absolute Gasteiger partial charge is 0.466 e. The number of rotatable bonds is 5. The Balaban J connectivity index is 1.62. The molecule has 0 spiro atoms. The number of hydrogen-bond acceptors (Lipinski definition) is 3. The summed E-state index contributed by atoms with van der Waals surface area (Å²) in [5.41, 5.74) is 1.12. The topological polar surface area (TPSA) is 47.6 Å². The van der Waals surface area contributed by atoms with E-state index in [4.69, 9.17) is 9.31 Å². The molecule has 1 heterocycles. The number of carbonyl (C=O) groups excluding carboxylic acids is 1. The molecule has 1 aliphatic carbocycles. The van der Waals surface area contributed by atoms with Gasteiger partial charge in [0.25, 0.3) is 5.91 Å². The average Bonchev–Trinajstić information content (AvgIpc) is 2.91. The minimum absolute atomic E-state index is 0.00473. The van der Waals surface area contributed by atoms with Crippen molar-refractivity contribution in [3.05, 3.63) is 71.8 Å². The molecule has 2 fully saturated rings. The quantitative estimate of drug-likeness (QED) is 0.755. The molecule has 29 heavy (non-hydrogen) atoms. The molecule has 2 aromatic rings. The second-order valence-electron chi connectivity index (χ2n) is 9.41. The molecular weight excluding hydrogens is 361 g/mol. The van der Waals surface area contributed by atoms with Crippen LogP contribution < -0.4 is 5.32 Å². The highest BCUT2D eigenvalue weighted by molar-refractivity contribution is 6.50. The van der Waals surface area contributed by atoms with E-state index in [0.29, 0.717) is 5.56 Å². The van der Waals surface area contributed by atoms with E-state index < -0.39 is 11.2 Å². The van der Waals surface area contributed by atoms with Gasteiger partial charge in [0.1, 0.15) is 0 Å². The Morgan fingerprint density at radius 2 is 1.52 bits per heavy atom. The van der Waals surface area contributed by atoms with Gasteiger partial charge in [0, 0.05) is 16.9 Å².